The van der Waals surface area contributed by atoms with Gasteiger partial charge in [-0.2, -0.15) is 0 Å². The Kier molecular flexibility index (Phi) is 2.98. The Morgan fingerprint density at radius 1 is 1.81 bits per heavy atom. The van der Waals surface area contributed by atoms with E-state index in [1.165, 1.54) is 7.11 Å². The van der Waals surface area contributed by atoms with Crippen LogP contribution in [0, 0.1) is 0 Å². The predicted octanol–water partition coefficient (Wildman–Crippen LogP) is -0.580. The van der Waals surface area contributed by atoms with Gasteiger partial charge in [-0.15, -0.1) is 0 Å². The molecule has 0 spiro atoms. The normalized spacial score (nSPS) is 20.3. The summed E-state index contributed by atoms with van der Waals surface area (Å²) in [5, 5.41) is 9.64. The molecule has 0 aliphatic carbocycles. The van der Waals surface area contributed by atoms with E-state index >= 15 is 0 Å². The van der Waals surface area contributed by atoms with Gasteiger partial charge in [0, 0.05) is 13.0 Å². The van der Waals surface area contributed by atoms with Crippen LogP contribution >= 0.6 is 0 Å². The molecule has 0 unspecified atom stereocenters. The smallest absolute Gasteiger partial charge is 0.377 e. The molecule has 16 heavy (non-hydrogen) atoms. The number of esters is 1. The average molecular weight is 223 g/mol. The van der Waals surface area contributed by atoms with Crippen molar-refractivity contribution >= 4 is 13.0 Å². The van der Waals surface area contributed by atoms with Gasteiger partial charge >= 0.3 is 13.0 Å². The summed E-state index contributed by atoms with van der Waals surface area (Å²) in [5.41, 5.74) is 1.81. The van der Waals surface area contributed by atoms with Gasteiger partial charge in [0.2, 0.25) is 0 Å². The fourth-order valence-corrected chi connectivity index (χ4v) is 2.00. The van der Waals surface area contributed by atoms with Crippen LogP contribution in [0.4, 0.5) is 0 Å². The van der Waals surface area contributed by atoms with E-state index in [0.29, 0.717) is 13.0 Å². The van der Waals surface area contributed by atoms with E-state index < -0.39 is 13.1 Å². The number of ether oxygens (including phenoxy) is 1. The number of aromatic amines is 1. The summed E-state index contributed by atoms with van der Waals surface area (Å²) in [7, 11) is 0.656. The maximum absolute atomic E-state index is 11.6. The molecule has 0 fully saturated rings. The van der Waals surface area contributed by atoms with Crippen LogP contribution < -0.4 is 0 Å². The zero-order valence-corrected chi connectivity index (χ0v) is 9.30. The lowest BCUT2D eigenvalue weighted by molar-refractivity contribution is -0.146. The first-order valence-corrected chi connectivity index (χ1v) is 5.16. The first-order chi connectivity index (χ1) is 7.63. The summed E-state index contributed by atoms with van der Waals surface area (Å²) < 4.78 is 4.73. The molecule has 2 N–H and O–H groups in total. The molecule has 1 aliphatic rings. The molecular formula is C9H14BN3O3. The van der Waals surface area contributed by atoms with Crippen molar-refractivity contribution in [1.82, 2.24) is 14.8 Å². The Labute approximate surface area is 93.8 Å². The molecule has 0 amide bonds. The lowest BCUT2D eigenvalue weighted by Crippen LogP contribution is -2.52. The molecule has 2 rings (SSSR count). The van der Waals surface area contributed by atoms with Gasteiger partial charge in [-0.05, 0) is 6.82 Å². The van der Waals surface area contributed by atoms with E-state index in [2.05, 4.69) is 9.97 Å². The number of carbonyl (C=O) groups excluding carboxylic acids is 1. The van der Waals surface area contributed by atoms with Gasteiger partial charge in [-0.3, -0.25) is 9.61 Å². The van der Waals surface area contributed by atoms with Gasteiger partial charge in [0.25, 0.3) is 0 Å². The lowest BCUT2D eigenvalue weighted by atomic mass is 9.80. The number of methoxy groups -OCH3 is 1. The van der Waals surface area contributed by atoms with Crippen LogP contribution in [0.25, 0.3) is 0 Å². The first kappa shape index (κ1) is 11.2. The number of imidazole rings is 1. The molecule has 1 aromatic rings. The zero-order chi connectivity index (χ0) is 11.7. The summed E-state index contributed by atoms with van der Waals surface area (Å²) in [6.07, 6.45) is 2.07. The van der Waals surface area contributed by atoms with Crippen LogP contribution in [0.3, 0.4) is 0 Å². The summed E-state index contributed by atoms with van der Waals surface area (Å²) in [6, 6.07) is -0.458. The molecule has 2 heterocycles. The highest BCUT2D eigenvalue weighted by atomic mass is 16.5. The third-order valence-electron chi connectivity index (χ3n) is 2.89. The van der Waals surface area contributed by atoms with Gasteiger partial charge in [-0.25, -0.2) is 4.98 Å². The van der Waals surface area contributed by atoms with Crippen molar-refractivity contribution in [3.8, 4) is 0 Å². The van der Waals surface area contributed by atoms with Crippen molar-refractivity contribution in [2.45, 2.75) is 25.8 Å². The minimum Gasteiger partial charge on any atom is -0.468 e. The number of hydrogen-bond acceptors (Lipinski definition) is 5. The lowest BCUT2D eigenvalue weighted by Gasteiger charge is -2.33. The minimum absolute atomic E-state index is 0.338. The summed E-state index contributed by atoms with van der Waals surface area (Å²) >= 11 is 0. The Bertz CT molecular complexity index is 393. The average Bonchev–Trinajstić information content (AvgIpc) is 2.73. The van der Waals surface area contributed by atoms with Crippen molar-refractivity contribution in [3.05, 3.63) is 17.7 Å². The molecular weight excluding hydrogens is 209 g/mol. The number of rotatable bonds is 2. The Hall–Kier alpha value is -1.34. The number of carbonyl (C=O) groups is 1. The van der Waals surface area contributed by atoms with Crippen LogP contribution in [0.15, 0.2) is 6.33 Å². The van der Waals surface area contributed by atoms with Crippen LogP contribution in [0.5, 0.6) is 0 Å². The maximum Gasteiger partial charge on any atom is 0.377 e. The van der Waals surface area contributed by atoms with Crippen LogP contribution in [-0.4, -0.2) is 46.0 Å². The minimum atomic E-state index is -0.694. The number of nitrogens with one attached hydrogen (secondary N) is 1. The number of H-pyrrole nitrogens is 1. The standard InChI is InChI=1S/C9H14BN3O3/c1-10(15)13-4-7-6(11-5-12-7)3-8(13)9(14)16-2/h5,8,15H,3-4H2,1-2H3,(H,11,12)/t8-/m0/s1. The molecule has 1 aromatic heterocycles. The fourth-order valence-electron chi connectivity index (χ4n) is 2.00. The second-order valence-corrected chi connectivity index (χ2v) is 3.88. The highest BCUT2D eigenvalue weighted by molar-refractivity contribution is 6.45. The molecule has 1 aliphatic heterocycles. The summed E-state index contributed by atoms with van der Waals surface area (Å²) in [6.45, 7) is 2.12. The van der Waals surface area contributed by atoms with Crippen LogP contribution in [-0.2, 0) is 22.5 Å². The highest BCUT2D eigenvalue weighted by Gasteiger charge is 2.37. The summed E-state index contributed by atoms with van der Waals surface area (Å²) in [5.74, 6) is -0.338. The van der Waals surface area contributed by atoms with Gasteiger partial charge < -0.3 is 14.7 Å². The monoisotopic (exact) mass is 223 g/mol. The molecule has 7 heteroatoms. The number of fused-ring (bicyclic) bond motifs is 1. The van der Waals surface area contributed by atoms with E-state index in [1.807, 2.05) is 0 Å². The fraction of sp³-hybridized carbons (Fsp3) is 0.556. The molecule has 0 bridgehead atoms. The van der Waals surface area contributed by atoms with Crippen molar-refractivity contribution in [2.24, 2.45) is 0 Å². The topological polar surface area (TPSA) is 78.5 Å². The molecule has 0 radical (unpaired) electrons. The quantitative estimate of drug-likeness (QED) is 0.518. The molecule has 0 saturated heterocycles. The molecule has 1 atom stereocenters. The van der Waals surface area contributed by atoms with Crippen molar-refractivity contribution < 1.29 is 14.6 Å². The largest absolute Gasteiger partial charge is 0.468 e. The Morgan fingerprint density at radius 3 is 3.19 bits per heavy atom. The number of nitrogens with zero attached hydrogens (tertiary/aromatic N) is 2. The number of hydrogen-bond donors (Lipinski definition) is 2. The Morgan fingerprint density at radius 2 is 2.56 bits per heavy atom. The van der Waals surface area contributed by atoms with E-state index in [4.69, 9.17) is 4.74 Å². The van der Waals surface area contributed by atoms with Crippen molar-refractivity contribution in [3.63, 3.8) is 0 Å². The molecule has 0 saturated carbocycles. The maximum atomic E-state index is 11.6. The molecule has 0 aromatic carbocycles. The van der Waals surface area contributed by atoms with Gasteiger partial charge in [0.1, 0.15) is 6.04 Å². The van der Waals surface area contributed by atoms with E-state index in [1.54, 1.807) is 18.0 Å². The van der Waals surface area contributed by atoms with E-state index in [0.717, 1.165) is 11.4 Å². The number of aromatic nitrogens is 2. The Balaban J connectivity index is 2.26. The van der Waals surface area contributed by atoms with Gasteiger partial charge in [0.15, 0.2) is 0 Å². The predicted molar refractivity (Wildman–Crippen MR) is 57.5 cm³/mol. The van der Waals surface area contributed by atoms with E-state index in [-0.39, 0.29) is 5.97 Å². The molecule has 86 valence electrons. The highest BCUT2D eigenvalue weighted by Crippen LogP contribution is 2.21. The van der Waals surface area contributed by atoms with Crippen molar-refractivity contribution in [2.75, 3.05) is 7.11 Å². The van der Waals surface area contributed by atoms with Crippen molar-refractivity contribution in [1.29, 1.82) is 0 Å². The van der Waals surface area contributed by atoms with Crippen LogP contribution in [0.2, 0.25) is 6.82 Å². The van der Waals surface area contributed by atoms with Gasteiger partial charge in [-0.1, -0.05) is 0 Å². The van der Waals surface area contributed by atoms with Crippen LogP contribution in [0.1, 0.15) is 11.4 Å². The zero-order valence-electron chi connectivity index (χ0n) is 9.30. The molecule has 6 nitrogen and oxygen atoms in total. The first-order valence-electron chi connectivity index (χ1n) is 5.16. The third kappa shape index (κ3) is 1.83. The SMILES string of the molecule is COC(=O)[C@@H]1Cc2nc[nH]c2CN1B(C)O. The van der Waals surface area contributed by atoms with Gasteiger partial charge in [0.05, 0.1) is 24.8 Å². The summed E-state index contributed by atoms with van der Waals surface area (Å²) in [4.78, 5) is 20.4. The second kappa shape index (κ2) is 4.27. The third-order valence-corrected chi connectivity index (χ3v) is 2.89. The van der Waals surface area contributed by atoms with E-state index in [9.17, 15) is 9.82 Å². The second-order valence-electron chi connectivity index (χ2n) is 3.88.